The van der Waals surface area contributed by atoms with Gasteiger partial charge in [-0.15, -0.1) is 0 Å². The van der Waals surface area contributed by atoms with Gasteiger partial charge in [-0.25, -0.2) is 4.98 Å². The van der Waals surface area contributed by atoms with Gasteiger partial charge in [-0.2, -0.15) is 0 Å². The van der Waals surface area contributed by atoms with E-state index in [9.17, 15) is 5.11 Å². The van der Waals surface area contributed by atoms with E-state index in [2.05, 4.69) is 121 Å². The molecule has 0 bridgehead atoms. The Morgan fingerprint density at radius 3 is 1.60 bits per heavy atom. The average molecular weight is 917 g/mol. The molecule has 2 saturated carbocycles. The Kier molecular flexibility index (Phi) is 10.0. The van der Waals surface area contributed by atoms with Crippen molar-refractivity contribution in [1.29, 1.82) is 0 Å². The van der Waals surface area contributed by atoms with Crippen LogP contribution in [0.15, 0.2) is 91.4 Å². The second-order valence-corrected chi connectivity index (χ2v) is 11.7. The van der Waals surface area contributed by atoms with Crippen LogP contribution in [-0.4, -0.2) is 25.0 Å². The molecular weight excluding hydrogens is 885 g/mol. The molecule has 0 saturated heterocycles. The zero-order valence-corrected chi connectivity index (χ0v) is 30.6. The summed E-state index contributed by atoms with van der Waals surface area (Å²) in [6.45, 7) is 6.79. The minimum atomic E-state index is -0.821. The summed E-state index contributed by atoms with van der Waals surface area (Å²) in [5.74, 6) is 1.49. The molecule has 5 nitrogen and oxygen atoms in total. The smallest absolute Gasteiger partial charge is 0.110 e. The van der Waals surface area contributed by atoms with Gasteiger partial charge in [-0.3, -0.25) is 15.0 Å². The van der Waals surface area contributed by atoms with Crippen LogP contribution in [0.1, 0.15) is 39.3 Å². The van der Waals surface area contributed by atoms with Crippen molar-refractivity contribution in [2.45, 2.75) is 39.2 Å². The van der Waals surface area contributed by atoms with Gasteiger partial charge in [0.1, 0.15) is 5.60 Å². The first kappa shape index (κ1) is 32.2. The molecule has 2 unspecified atom stereocenters. The third kappa shape index (κ3) is 5.58. The number of fused-ring (bicyclic) bond motifs is 7. The monoisotopic (exact) mass is 918 g/mol. The first-order valence-corrected chi connectivity index (χ1v) is 20.3. The van der Waals surface area contributed by atoms with Gasteiger partial charge in [0.2, 0.25) is 0 Å². The fourth-order valence-corrected chi connectivity index (χ4v) is 7.06. The van der Waals surface area contributed by atoms with E-state index in [-0.39, 0.29) is 46.3 Å². The normalized spacial score (nSPS) is 24.0. The average Bonchev–Trinajstić information content (AvgIpc) is 3.71. The van der Waals surface area contributed by atoms with Crippen molar-refractivity contribution in [3.63, 3.8) is 0 Å². The predicted molar refractivity (Wildman–Crippen MR) is 185 cm³/mol. The summed E-state index contributed by atoms with van der Waals surface area (Å²) in [6.07, 6.45) is 7.51. The SMILES string of the molecule is CC(C)[C@@]12CC1[C@H](C)C(O)(c1ccc3ccc4cccnc4c3n1)C2.II.[Sm].c1cnc2c(c1)ccc1cccnc12. The number of hydrogen-bond donors (Lipinski definition) is 1. The topological polar surface area (TPSA) is 71.8 Å². The molecule has 0 amide bonds. The molecule has 6 aromatic rings. The molecule has 2 fully saturated rings. The first-order valence-electron chi connectivity index (χ1n) is 14.0. The fraction of sp³-hybridized carbons (Fsp3) is 0.294. The molecule has 4 aromatic heterocycles. The number of rotatable bonds is 2. The van der Waals surface area contributed by atoms with Gasteiger partial charge < -0.3 is 5.11 Å². The zero-order valence-electron chi connectivity index (χ0n) is 23.7. The molecule has 0 spiro atoms. The van der Waals surface area contributed by atoms with Gasteiger partial charge in [0.15, 0.2) is 0 Å². The summed E-state index contributed by atoms with van der Waals surface area (Å²) < 4.78 is 0. The van der Waals surface area contributed by atoms with Crippen LogP contribution >= 0.6 is 37.2 Å². The van der Waals surface area contributed by atoms with E-state index < -0.39 is 5.60 Å². The molecule has 2 aliphatic carbocycles. The quantitative estimate of drug-likeness (QED) is 0.139. The van der Waals surface area contributed by atoms with Gasteiger partial charge in [0.05, 0.1) is 27.8 Å². The summed E-state index contributed by atoms with van der Waals surface area (Å²) in [5.41, 5.74) is 4.07. The van der Waals surface area contributed by atoms with Crippen LogP contribution in [0.2, 0.25) is 0 Å². The van der Waals surface area contributed by atoms with Crippen LogP contribution in [0, 0.1) is 63.6 Å². The Morgan fingerprint density at radius 1 is 0.714 bits per heavy atom. The summed E-state index contributed by atoms with van der Waals surface area (Å²) >= 11 is 4.24. The van der Waals surface area contributed by atoms with E-state index >= 15 is 0 Å². The van der Waals surface area contributed by atoms with Gasteiger partial charge >= 0.3 is 0 Å². The Bertz CT molecular complexity index is 1830. The fourth-order valence-electron chi connectivity index (χ4n) is 7.06. The minimum Gasteiger partial charge on any atom is -0.383 e. The Labute approximate surface area is 302 Å². The van der Waals surface area contributed by atoms with Gasteiger partial charge in [0.25, 0.3) is 0 Å². The zero-order chi connectivity index (χ0) is 28.8. The van der Waals surface area contributed by atoms with Crippen LogP contribution in [-0.2, 0) is 5.60 Å². The molecule has 2 aliphatic rings. The summed E-state index contributed by atoms with van der Waals surface area (Å²) in [6, 6.07) is 24.4. The van der Waals surface area contributed by atoms with Crippen LogP contribution in [0.25, 0.3) is 43.6 Å². The number of aliphatic hydroxyl groups is 1. The summed E-state index contributed by atoms with van der Waals surface area (Å²) in [7, 11) is 0. The van der Waals surface area contributed by atoms with Crippen molar-refractivity contribution in [3.05, 3.63) is 97.1 Å². The maximum absolute atomic E-state index is 11.6. The van der Waals surface area contributed by atoms with Crippen molar-refractivity contribution in [2.24, 2.45) is 23.2 Å². The van der Waals surface area contributed by atoms with Gasteiger partial charge in [-0.1, -0.05) is 69.3 Å². The van der Waals surface area contributed by atoms with Crippen molar-refractivity contribution in [3.8, 4) is 0 Å². The molecule has 0 aliphatic heterocycles. The summed E-state index contributed by atoms with van der Waals surface area (Å²) in [5, 5.41) is 16.0. The molecule has 214 valence electrons. The van der Waals surface area contributed by atoms with E-state index in [1.165, 1.54) is 6.42 Å². The van der Waals surface area contributed by atoms with Crippen LogP contribution in [0.5, 0.6) is 0 Å². The number of pyridine rings is 4. The van der Waals surface area contributed by atoms with E-state index in [0.29, 0.717) is 17.3 Å². The molecule has 0 radical (unpaired) electrons. The van der Waals surface area contributed by atoms with Crippen LogP contribution in [0.3, 0.4) is 0 Å². The van der Waals surface area contributed by atoms with Gasteiger partial charge in [0, 0.05) is 118 Å². The Morgan fingerprint density at radius 2 is 1.14 bits per heavy atom. The first-order chi connectivity index (χ1) is 19.9. The standard InChI is InChI=1S/C22H24N2O.C12H8N2.I2.Sm/c1-13(2)21-11-17(21)14(3)22(25,12-21)18-9-8-16-7-6-15-5-4-10-23-19(15)20(16)24-18;1-3-9-5-6-10-4-2-8-14-12(10)11(9)13-7-1;1-2;/h4-10,13-14,17,25H,11-12H2,1-3H3;1-8H;;/t14-,17?,21-,22?;;;/m0.../s1. The molecule has 1 N–H and O–H groups in total. The number of nitrogens with zero attached hydrogens (tertiary/aromatic N) is 4. The molecule has 8 rings (SSSR count). The Hall–Kier alpha value is -1.16. The molecule has 4 atom stereocenters. The number of hydrogen-bond acceptors (Lipinski definition) is 5. The maximum atomic E-state index is 11.6. The second kappa shape index (κ2) is 13.1. The third-order valence-corrected chi connectivity index (χ3v) is 9.50. The summed E-state index contributed by atoms with van der Waals surface area (Å²) in [4.78, 5) is 18.2. The van der Waals surface area contributed by atoms with Gasteiger partial charge in [-0.05, 0) is 60.3 Å². The van der Waals surface area contributed by atoms with Crippen LogP contribution in [0.4, 0.5) is 0 Å². The largest absolute Gasteiger partial charge is 0.383 e. The van der Waals surface area contributed by atoms with Crippen molar-refractivity contribution in [1.82, 2.24) is 19.9 Å². The number of aromatic nitrogens is 4. The Balaban J connectivity index is 0.000000177. The second-order valence-electron chi connectivity index (χ2n) is 11.7. The molecule has 8 heteroatoms. The number of benzene rings is 2. The number of halogens is 2. The van der Waals surface area contributed by atoms with Crippen molar-refractivity contribution >= 4 is 80.8 Å². The van der Waals surface area contributed by atoms with E-state index in [1.54, 1.807) is 12.4 Å². The van der Waals surface area contributed by atoms with Crippen molar-refractivity contribution < 1.29 is 45.5 Å². The maximum Gasteiger partial charge on any atom is 0.110 e. The van der Waals surface area contributed by atoms with Crippen molar-refractivity contribution in [2.75, 3.05) is 0 Å². The van der Waals surface area contributed by atoms with Crippen LogP contribution < -0.4 is 0 Å². The third-order valence-electron chi connectivity index (χ3n) is 9.50. The van der Waals surface area contributed by atoms with E-state index in [4.69, 9.17) is 4.98 Å². The van der Waals surface area contributed by atoms with E-state index in [1.807, 2.05) is 30.5 Å². The van der Waals surface area contributed by atoms with E-state index in [0.717, 1.165) is 55.7 Å². The molecule has 2 aromatic carbocycles. The molecule has 4 heterocycles. The minimum absolute atomic E-state index is 0. The molecule has 42 heavy (non-hydrogen) atoms. The molecular formula is C34H32I2N4OSm. The predicted octanol–water partition coefficient (Wildman–Crippen LogP) is 9.23.